The number of anilines is 1. The fraction of sp³-hybridized carbons (Fsp3) is 0.250. The molecular weight excluding hydrogens is 412 g/mol. The number of allylic oxidation sites excluding steroid dienone is 3. The third-order valence-electron chi connectivity index (χ3n) is 6.73. The van der Waals surface area contributed by atoms with E-state index < -0.39 is 0 Å². The van der Waals surface area contributed by atoms with Gasteiger partial charge in [0.2, 0.25) is 0 Å². The predicted octanol–water partition coefficient (Wildman–Crippen LogP) is 5.72. The van der Waals surface area contributed by atoms with Crippen LogP contribution >= 0.6 is 0 Å². The van der Waals surface area contributed by atoms with E-state index in [0.29, 0.717) is 45.9 Å². The third kappa shape index (κ3) is 3.35. The second-order valence-corrected chi connectivity index (χ2v) is 8.83. The highest BCUT2D eigenvalue weighted by Gasteiger charge is 2.37. The number of aliphatic imine (C=N–C) groups is 1. The number of carbonyl (C=O) groups is 2. The molecule has 2 aromatic carbocycles. The lowest BCUT2D eigenvalue weighted by Crippen LogP contribution is -2.30. The molecule has 1 atom stereocenters. The molecule has 0 fully saturated rings. The molecule has 1 aliphatic heterocycles. The normalized spacial score (nSPS) is 20.1. The maximum atomic E-state index is 13.6. The predicted molar refractivity (Wildman–Crippen MR) is 129 cm³/mol. The molecule has 33 heavy (non-hydrogen) atoms. The molecule has 4 aliphatic rings. The SMILES string of the molecule is O=C1c2ccccc2C(=O)c2c3c(cc(NCCC4=CCCCC4)c21)OC1C=CC=CC1=N3. The number of nitrogens with one attached hydrogen (secondary N) is 1. The zero-order valence-corrected chi connectivity index (χ0v) is 18.3. The summed E-state index contributed by atoms with van der Waals surface area (Å²) in [6.07, 6.45) is 15.4. The summed E-state index contributed by atoms with van der Waals surface area (Å²) >= 11 is 0. The Bertz CT molecular complexity index is 1310. The van der Waals surface area contributed by atoms with E-state index in [9.17, 15) is 9.59 Å². The Hall–Kier alpha value is -3.73. The van der Waals surface area contributed by atoms with Crippen molar-refractivity contribution in [3.63, 3.8) is 0 Å². The Kier molecular flexibility index (Phi) is 4.83. The van der Waals surface area contributed by atoms with Crippen LogP contribution in [0.2, 0.25) is 0 Å². The van der Waals surface area contributed by atoms with Crippen molar-refractivity contribution in [1.82, 2.24) is 0 Å². The fourth-order valence-corrected chi connectivity index (χ4v) is 5.06. The first-order chi connectivity index (χ1) is 16.2. The molecule has 0 bridgehead atoms. The summed E-state index contributed by atoms with van der Waals surface area (Å²) in [5.41, 5.74) is 4.88. The van der Waals surface area contributed by atoms with Crippen LogP contribution in [0.15, 0.2) is 71.3 Å². The average molecular weight is 437 g/mol. The number of carbonyl (C=O) groups excluding carboxylic acids is 2. The van der Waals surface area contributed by atoms with Crippen molar-refractivity contribution in [1.29, 1.82) is 0 Å². The van der Waals surface area contributed by atoms with Crippen molar-refractivity contribution in [2.45, 2.75) is 38.2 Å². The van der Waals surface area contributed by atoms with E-state index in [4.69, 9.17) is 9.73 Å². The molecule has 5 nitrogen and oxygen atoms in total. The summed E-state index contributed by atoms with van der Waals surface area (Å²) in [5.74, 6) is 0.197. The number of benzene rings is 2. The van der Waals surface area contributed by atoms with Crippen LogP contribution < -0.4 is 10.1 Å². The van der Waals surface area contributed by atoms with E-state index in [0.717, 1.165) is 25.0 Å². The summed E-state index contributed by atoms with van der Waals surface area (Å²) in [7, 11) is 0. The Labute approximate surface area is 192 Å². The van der Waals surface area contributed by atoms with E-state index in [1.807, 2.05) is 30.4 Å². The standard InChI is InChI=1S/C28H24N2O3/c31-27-18-10-4-5-11-19(18)28(32)25-24(27)21(29-15-14-17-8-2-1-3-9-17)16-23-26(25)30-20-12-6-7-13-22(20)33-23/h4-8,10-13,16,22,29H,1-3,9,14-15H2. The van der Waals surface area contributed by atoms with E-state index in [2.05, 4.69) is 11.4 Å². The Morgan fingerprint density at radius 2 is 1.85 bits per heavy atom. The van der Waals surface area contributed by atoms with Gasteiger partial charge in [-0.05, 0) is 44.3 Å². The molecule has 0 amide bonds. The van der Waals surface area contributed by atoms with Crippen molar-refractivity contribution >= 4 is 28.7 Å². The van der Waals surface area contributed by atoms with Crippen LogP contribution in [-0.2, 0) is 0 Å². The van der Waals surface area contributed by atoms with Crippen LogP contribution in [0.25, 0.3) is 0 Å². The second-order valence-electron chi connectivity index (χ2n) is 8.83. The summed E-state index contributed by atoms with van der Waals surface area (Å²) < 4.78 is 6.23. The molecule has 0 saturated heterocycles. The van der Waals surface area contributed by atoms with Crippen LogP contribution in [0.3, 0.4) is 0 Å². The maximum Gasteiger partial charge on any atom is 0.196 e. The van der Waals surface area contributed by atoms with Gasteiger partial charge in [0.25, 0.3) is 0 Å². The number of ether oxygens (including phenoxy) is 1. The summed E-state index contributed by atoms with van der Waals surface area (Å²) in [6.45, 7) is 0.695. The molecule has 1 unspecified atom stereocenters. The van der Waals surface area contributed by atoms with E-state index in [-0.39, 0.29) is 17.7 Å². The van der Waals surface area contributed by atoms with Gasteiger partial charge >= 0.3 is 0 Å². The maximum absolute atomic E-state index is 13.6. The average Bonchev–Trinajstić information content (AvgIpc) is 2.86. The Balaban J connectivity index is 1.45. The summed E-state index contributed by atoms with van der Waals surface area (Å²) in [4.78, 5) is 32.0. The number of rotatable bonds is 4. The van der Waals surface area contributed by atoms with Crippen molar-refractivity contribution in [3.05, 3.63) is 88.5 Å². The van der Waals surface area contributed by atoms with Crippen molar-refractivity contribution in [2.24, 2.45) is 4.99 Å². The van der Waals surface area contributed by atoms with Gasteiger partial charge in [-0.2, -0.15) is 0 Å². The van der Waals surface area contributed by atoms with Gasteiger partial charge in [-0.3, -0.25) is 9.59 Å². The monoisotopic (exact) mass is 436 g/mol. The topological polar surface area (TPSA) is 67.8 Å². The molecule has 164 valence electrons. The smallest absolute Gasteiger partial charge is 0.196 e. The minimum absolute atomic E-state index is 0.149. The molecule has 1 N–H and O–H groups in total. The van der Waals surface area contributed by atoms with E-state index >= 15 is 0 Å². The van der Waals surface area contributed by atoms with Crippen LogP contribution in [-0.4, -0.2) is 29.9 Å². The van der Waals surface area contributed by atoms with Crippen molar-refractivity contribution in [2.75, 3.05) is 11.9 Å². The second kappa shape index (κ2) is 8.00. The molecule has 6 rings (SSSR count). The lowest BCUT2D eigenvalue weighted by molar-refractivity contribution is 0.0979. The van der Waals surface area contributed by atoms with Crippen molar-refractivity contribution < 1.29 is 14.3 Å². The molecule has 0 radical (unpaired) electrons. The zero-order chi connectivity index (χ0) is 22.4. The van der Waals surface area contributed by atoms with Crippen LogP contribution in [0.1, 0.15) is 63.9 Å². The first-order valence-corrected chi connectivity index (χ1v) is 11.6. The highest BCUT2D eigenvalue weighted by Crippen LogP contribution is 2.46. The minimum atomic E-state index is -0.289. The first-order valence-electron chi connectivity index (χ1n) is 11.6. The van der Waals surface area contributed by atoms with Crippen molar-refractivity contribution in [3.8, 4) is 5.75 Å². The van der Waals surface area contributed by atoms with Gasteiger partial charge in [0.15, 0.2) is 17.7 Å². The van der Waals surface area contributed by atoms with Crippen LogP contribution in [0.4, 0.5) is 11.4 Å². The number of fused-ring (bicyclic) bond motifs is 5. The quantitative estimate of drug-likeness (QED) is 0.531. The Morgan fingerprint density at radius 1 is 1.03 bits per heavy atom. The van der Waals surface area contributed by atoms with Gasteiger partial charge in [0.1, 0.15) is 11.4 Å². The molecule has 0 spiro atoms. The van der Waals surface area contributed by atoms with Gasteiger partial charge in [0.05, 0.1) is 16.8 Å². The highest BCUT2D eigenvalue weighted by molar-refractivity contribution is 6.32. The lowest BCUT2D eigenvalue weighted by Gasteiger charge is -2.29. The molecule has 0 saturated carbocycles. The largest absolute Gasteiger partial charge is 0.478 e. The molecule has 0 aromatic heterocycles. The highest BCUT2D eigenvalue weighted by atomic mass is 16.5. The summed E-state index contributed by atoms with van der Waals surface area (Å²) in [5, 5.41) is 3.45. The lowest BCUT2D eigenvalue weighted by atomic mass is 9.81. The van der Waals surface area contributed by atoms with Crippen LogP contribution in [0, 0.1) is 0 Å². The van der Waals surface area contributed by atoms with Gasteiger partial charge in [-0.15, -0.1) is 0 Å². The van der Waals surface area contributed by atoms with Crippen LogP contribution in [0.5, 0.6) is 5.75 Å². The molecule has 5 heteroatoms. The van der Waals surface area contributed by atoms with Gasteiger partial charge < -0.3 is 10.1 Å². The third-order valence-corrected chi connectivity index (χ3v) is 6.73. The number of nitrogens with zero attached hydrogens (tertiary/aromatic N) is 1. The van der Waals surface area contributed by atoms with E-state index in [1.165, 1.54) is 18.4 Å². The summed E-state index contributed by atoms with van der Waals surface area (Å²) in [6, 6.07) is 8.86. The number of ketones is 2. The zero-order valence-electron chi connectivity index (χ0n) is 18.3. The molecule has 3 aliphatic carbocycles. The van der Waals surface area contributed by atoms with E-state index in [1.54, 1.807) is 24.3 Å². The Morgan fingerprint density at radius 3 is 2.64 bits per heavy atom. The molecular formula is C28H24N2O3. The van der Waals surface area contributed by atoms with Gasteiger partial charge in [0, 0.05) is 29.4 Å². The first kappa shape index (κ1) is 19.9. The fourth-order valence-electron chi connectivity index (χ4n) is 5.06. The number of hydrogen-bond acceptors (Lipinski definition) is 5. The minimum Gasteiger partial charge on any atom is -0.478 e. The molecule has 2 aromatic rings. The van der Waals surface area contributed by atoms with Gasteiger partial charge in [-0.25, -0.2) is 4.99 Å². The number of hydrogen-bond donors (Lipinski definition) is 1. The molecule has 1 heterocycles. The van der Waals surface area contributed by atoms with Gasteiger partial charge in [-0.1, -0.05) is 48.1 Å².